The molecule has 0 bridgehead atoms. The van der Waals surface area contributed by atoms with E-state index in [9.17, 15) is 19.2 Å². The Kier molecular flexibility index (Phi) is 7.18. The van der Waals surface area contributed by atoms with Gasteiger partial charge in [-0.25, -0.2) is 0 Å². The summed E-state index contributed by atoms with van der Waals surface area (Å²) in [5.41, 5.74) is 0.247. The van der Waals surface area contributed by atoms with E-state index in [0.29, 0.717) is 37.7 Å². The highest BCUT2D eigenvalue weighted by Gasteiger charge is 2.45. The number of carbonyl (C=O) groups excluding carboxylic acids is 4. The van der Waals surface area contributed by atoms with Crippen LogP contribution in [0.1, 0.15) is 49.5 Å². The van der Waals surface area contributed by atoms with Crippen molar-refractivity contribution < 1.29 is 28.7 Å². The van der Waals surface area contributed by atoms with Crippen molar-refractivity contribution >= 4 is 34.5 Å². The number of amides is 3. The molecule has 194 valence electrons. The maximum absolute atomic E-state index is 13.8. The highest BCUT2D eigenvalue weighted by atomic mass is 16.7. The molecule has 10 nitrogen and oxygen atoms in total. The topological polar surface area (TPSA) is 127 Å². The van der Waals surface area contributed by atoms with E-state index in [2.05, 4.69) is 15.6 Å². The monoisotopic (exact) mass is 506 g/mol. The van der Waals surface area contributed by atoms with E-state index in [1.54, 1.807) is 18.0 Å². The Balaban J connectivity index is 1.33. The maximum atomic E-state index is 13.8. The molecule has 1 aromatic carbocycles. The summed E-state index contributed by atoms with van der Waals surface area (Å²) in [6.45, 7) is 2.11. The van der Waals surface area contributed by atoms with Crippen LogP contribution in [0, 0.1) is 0 Å². The van der Waals surface area contributed by atoms with Crippen molar-refractivity contribution in [1.29, 1.82) is 0 Å². The molecule has 37 heavy (non-hydrogen) atoms. The number of fused-ring (bicyclic) bond motifs is 2. The molecule has 2 fully saturated rings. The first-order valence-electron chi connectivity index (χ1n) is 12.7. The van der Waals surface area contributed by atoms with Crippen molar-refractivity contribution in [1.82, 2.24) is 20.5 Å². The van der Waals surface area contributed by atoms with Crippen LogP contribution in [0.3, 0.4) is 0 Å². The van der Waals surface area contributed by atoms with E-state index < -0.39 is 36.3 Å². The fraction of sp³-hybridized carbons (Fsp3) is 0.444. The summed E-state index contributed by atoms with van der Waals surface area (Å²) >= 11 is 0. The Morgan fingerprint density at radius 2 is 1.92 bits per heavy atom. The standard InChI is InChI=1S/C27H30N4O6/c1-2-36-27-20(15-22(32)37-27)30-24(33)21-12-11-17-8-4-6-10-19(26(35)31(17)21)29-25(34)23-18-9-5-3-7-16(18)13-14-28-23/h3-7,9,13-14,17,19-21,27H,2,8,10-12,15H2,1H3,(H,29,34)(H,30,33)/b6-4-/t17-,19+,20?,21+,27?/m1/s1. The number of hydrogen-bond donors (Lipinski definition) is 2. The zero-order chi connectivity index (χ0) is 25.9. The van der Waals surface area contributed by atoms with Crippen LogP contribution < -0.4 is 10.6 Å². The summed E-state index contributed by atoms with van der Waals surface area (Å²) in [5, 5.41) is 7.29. The quantitative estimate of drug-likeness (QED) is 0.452. The fourth-order valence-corrected chi connectivity index (χ4v) is 5.37. The number of esters is 1. The van der Waals surface area contributed by atoms with Gasteiger partial charge in [0.15, 0.2) is 0 Å². The van der Waals surface area contributed by atoms with Crippen molar-refractivity contribution in [2.45, 2.75) is 69.5 Å². The lowest BCUT2D eigenvalue weighted by Gasteiger charge is -2.34. The van der Waals surface area contributed by atoms with E-state index in [1.165, 1.54) is 0 Å². The molecule has 0 spiro atoms. The van der Waals surface area contributed by atoms with Crippen molar-refractivity contribution in [3.05, 3.63) is 54.4 Å². The largest absolute Gasteiger partial charge is 0.433 e. The number of nitrogens with zero attached hydrogens (tertiary/aromatic N) is 2. The molecule has 4 heterocycles. The SMILES string of the molecule is CCOC1OC(=O)CC1NC(=O)[C@@H]1CC[C@H]2C/C=C\C[C@H](NC(=O)c3nccc4ccccc34)C(=O)N21. The average Bonchev–Trinajstić information content (AvgIpc) is 3.46. The van der Waals surface area contributed by atoms with Crippen molar-refractivity contribution in [3.63, 3.8) is 0 Å². The minimum absolute atomic E-state index is 0.0138. The summed E-state index contributed by atoms with van der Waals surface area (Å²) in [7, 11) is 0. The lowest BCUT2D eigenvalue weighted by molar-refractivity contribution is -0.164. The predicted molar refractivity (Wildman–Crippen MR) is 133 cm³/mol. The van der Waals surface area contributed by atoms with E-state index in [4.69, 9.17) is 9.47 Å². The number of benzene rings is 1. The smallest absolute Gasteiger partial charge is 0.310 e. The number of nitrogens with one attached hydrogen (secondary N) is 2. The molecule has 0 aliphatic carbocycles. The van der Waals surface area contributed by atoms with Crippen LogP contribution >= 0.6 is 0 Å². The van der Waals surface area contributed by atoms with Gasteiger partial charge in [0.2, 0.25) is 18.1 Å². The number of aromatic nitrogens is 1. The van der Waals surface area contributed by atoms with Crippen LogP contribution in [0.2, 0.25) is 0 Å². The second-order valence-corrected chi connectivity index (χ2v) is 9.47. The van der Waals surface area contributed by atoms with Crippen LogP contribution in [-0.2, 0) is 23.9 Å². The molecular weight excluding hydrogens is 476 g/mol. The lowest BCUT2D eigenvalue weighted by atomic mass is 10.0. The van der Waals surface area contributed by atoms with E-state index in [1.807, 2.05) is 42.5 Å². The Morgan fingerprint density at radius 1 is 1.11 bits per heavy atom. The van der Waals surface area contributed by atoms with Crippen molar-refractivity contribution in [2.75, 3.05) is 6.61 Å². The van der Waals surface area contributed by atoms with Gasteiger partial charge in [-0.1, -0.05) is 36.4 Å². The minimum atomic E-state index is -0.843. The number of hydrogen-bond acceptors (Lipinski definition) is 7. The van der Waals surface area contributed by atoms with Gasteiger partial charge in [0.05, 0.1) is 6.42 Å². The van der Waals surface area contributed by atoms with Crippen LogP contribution in [0.25, 0.3) is 10.8 Å². The molecule has 2 aromatic rings. The van der Waals surface area contributed by atoms with Gasteiger partial charge in [-0.15, -0.1) is 0 Å². The van der Waals surface area contributed by atoms with E-state index in [-0.39, 0.29) is 30.0 Å². The van der Waals surface area contributed by atoms with Crippen LogP contribution in [-0.4, -0.2) is 70.6 Å². The molecule has 3 aliphatic rings. The Bertz CT molecular complexity index is 1240. The average molecular weight is 507 g/mol. The van der Waals surface area contributed by atoms with Gasteiger partial charge in [0, 0.05) is 24.2 Å². The van der Waals surface area contributed by atoms with Crippen LogP contribution in [0.5, 0.6) is 0 Å². The first-order chi connectivity index (χ1) is 18.0. The molecule has 3 aliphatic heterocycles. The van der Waals surface area contributed by atoms with Gasteiger partial charge < -0.3 is 25.0 Å². The molecular formula is C27H30N4O6. The molecule has 0 saturated carbocycles. The summed E-state index contributed by atoms with van der Waals surface area (Å²) in [6.07, 6.45) is 6.73. The third kappa shape index (κ3) is 5.06. The van der Waals surface area contributed by atoms with Gasteiger partial charge in [-0.2, -0.15) is 0 Å². The molecule has 2 saturated heterocycles. The van der Waals surface area contributed by atoms with Crippen molar-refractivity contribution in [3.8, 4) is 0 Å². The van der Waals surface area contributed by atoms with E-state index >= 15 is 0 Å². The van der Waals surface area contributed by atoms with Gasteiger partial charge >= 0.3 is 5.97 Å². The molecule has 3 amide bonds. The number of carbonyl (C=O) groups is 4. The first kappa shape index (κ1) is 24.9. The van der Waals surface area contributed by atoms with Crippen LogP contribution in [0.4, 0.5) is 0 Å². The second kappa shape index (κ2) is 10.7. The lowest BCUT2D eigenvalue weighted by Crippen LogP contribution is -2.57. The molecule has 1 aromatic heterocycles. The van der Waals surface area contributed by atoms with E-state index in [0.717, 1.165) is 5.39 Å². The third-order valence-corrected chi connectivity index (χ3v) is 7.12. The number of cyclic esters (lactones) is 1. The maximum Gasteiger partial charge on any atom is 0.310 e. The summed E-state index contributed by atoms with van der Waals surface area (Å²) in [5.74, 6) is -1.54. The highest BCUT2D eigenvalue weighted by Crippen LogP contribution is 2.30. The minimum Gasteiger partial charge on any atom is -0.433 e. The molecule has 2 unspecified atom stereocenters. The van der Waals surface area contributed by atoms with Gasteiger partial charge in [-0.05, 0) is 44.1 Å². The highest BCUT2D eigenvalue weighted by molar-refractivity contribution is 6.06. The Morgan fingerprint density at radius 3 is 2.76 bits per heavy atom. The van der Waals surface area contributed by atoms with Crippen molar-refractivity contribution in [2.24, 2.45) is 0 Å². The molecule has 0 radical (unpaired) electrons. The molecule has 5 atom stereocenters. The van der Waals surface area contributed by atoms with Gasteiger partial charge in [0.1, 0.15) is 23.8 Å². The Labute approximate surface area is 214 Å². The normalized spacial score (nSPS) is 28.2. The molecule has 2 N–H and O–H groups in total. The summed E-state index contributed by atoms with van der Waals surface area (Å²) in [4.78, 5) is 57.9. The number of pyridine rings is 1. The molecule has 10 heteroatoms. The third-order valence-electron chi connectivity index (χ3n) is 7.12. The first-order valence-corrected chi connectivity index (χ1v) is 12.7. The zero-order valence-corrected chi connectivity index (χ0v) is 20.6. The second-order valence-electron chi connectivity index (χ2n) is 9.47. The number of rotatable bonds is 6. The number of ether oxygens (including phenoxy) is 2. The predicted octanol–water partition coefficient (Wildman–Crippen LogP) is 1.84. The van der Waals surface area contributed by atoms with Gasteiger partial charge in [-0.3, -0.25) is 24.2 Å². The Hall–Kier alpha value is -3.79. The van der Waals surface area contributed by atoms with Crippen LogP contribution in [0.15, 0.2) is 48.7 Å². The van der Waals surface area contributed by atoms with Gasteiger partial charge in [0.25, 0.3) is 5.91 Å². The molecule has 5 rings (SSSR count). The summed E-state index contributed by atoms with van der Waals surface area (Å²) in [6, 6.07) is 6.95. The zero-order valence-electron chi connectivity index (χ0n) is 20.6. The summed E-state index contributed by atoms with van der Waals surface area (Å²) < 4.78 is 10.6. The fourth-order valence-electron chi connectivity index (χ4n) is 5.37.